The molecule has 0 saturated carbocycles. The maximum Gasteiger partial charge on any atom is 0.320 e. The van der Waals surface area contributed by atoms with Gasteiger partial charge in [-0.05, 0) is 44.0 Å². The Morgan fingerprint density at radius 1 is 0.537 bits per heavy atom. The third-order valence-electron chi connectivity index (χ3n) is 7.48. The normalized spacial score (nSPS) is 11.6. The largest absolute Gasteiger partial charge is 0.480 e. The molecule has 41 heavy (non-hydrogen) atoms. The van der Waals surface area contributed by atoms with Gasteiger partial charge in [-0.1, -0.05) is 149 Å². The molecule has 0 amide bonds. The first-order chi connectivity index (χ1) is 19.9. The van der Waals surface area contributed by atoms with Crippen LogP contribution in [0.3, 0.4) is 0 Å². The van der Waals surface area contributed by atoms with E-state index in [1.165, 1.54) is 116 Å². The van der Waals surface area contributed by atoms with E-state index in [9.17, 15) is 14.4 Å². The van der Waals surface area contributed by atoms with E-state index in [0.29, 0.717) is 25.8 Å². The van der Waals surface area contributed by atoms with Crippen LogP contribution in [-0.2, 0) is 14.4 Å². The number of carbonyl (C=O) groups excluding carboxylic acids is 2. The first-order valence-corrected chi connectivity index (χ1v) is 18.1. The van der Waals surface area contributed by atoms with E-state index in [1.54, 1.807) is 0 Å². The minimum atomic E-state index is -0.933. The van der Waals surface area contributed by atoms with Gasteiger partial charge in [-0.2, -0.15) is 0 Å². The van der Waals surface area contributed by atoms with Crippen LogP contribution < -0.4 is 11.5 Å². The van der Waals surface area contributed by atoms with Gasteiger partial charge in [0.15, 0.2) is 10.2 Å². The summed E-state index contributed by atoms with van der Waals surface area (Å²) in [5, 5.41) is 8.50. The number of carboxylic acid groups (broad SMARTS) is 1. The predicted molar refractivity (Wildman–Crippen MR) is 178 cm³/mol. The molecule has 0 heterocycles. The molecule has 0 fully saturated rings. The summed E-state index contributed by atoms with van der Waals surface area (Å²) in [5.41, 5.74) is 10.4. The lowest BCUT2D eigenvalue weighted by Gasteiger charge is -2.03. The van der Waals surface area contributed by atoms with Crippen LogP contribution in [0.1, 0.15) is 187 Å². The number of carbonyl (C=O) groups is 3. The van der Waals surface area contributed by atoms with Crippen molar-refractivity contribution in [3.05, 3.63) is 0 Å². The number of unbranched alkanes of at least 4 members (excludes halogenated alkanes) is 21. The van der Waals surface area contributed by atoms with Crippen LogP contribution in [0.5, 0.6) is 0 Å². The Morgan fingerprint density at radius 3 is 1.15 bits per heavy atom. The predicted octanol–water partition coefficient (Wildman–Crippen LogP) is 9.70. The van der Waals surface area contributed by atoms with E-state index in [2.05, 4.69) is 13.8 Å². The second kappa shape index (κ2) is 35.3. The minimum absolute atomic E-state index is 0.0870. The van der Waals surface area contributed by atoms with Crippen molar-refractivity contribution in [2.24, 2.45) is 11.5 Å². The second-order valence-electron chi connectivity index (χ2n) is 11.6. The van der Waals surface area contributed by atoms with E-state index in [-0.39, 0.29) is 10.2 Å². The number of nitrogens with two attached hydrogens (primary N) is 2. The number of hydrogen-bond acceptors (Lipinski definition) is 6. The fourth-order valence-electron chi connectivity index (χ4n) is 4.73. The van der Waals surface area contributed by atoms with Crippen molar-refractivity contribution >= 4 is 28.0 Å². The molecule has 0 bridgehead atoms. The molecule has 0 rings (SSSR count). The minimum Gasteiger partial charge on any atom is -0.480 e. The Labute approximate surface area is 258 Å². The van der Waals surface area contributed by atoms with Gasteiger partial charge < -0.3 is 16.6 Å². The van der Waals surface area contributed by atoms with Crippen molar-refractivity contribution in [1.82, 2.24) is 0 Å². The van der Waals surface area contributed by atoms with Gasteiger partial charge in [-0.3, -0.25) is 14.4 Å². The topological polar surface area (TPSA) is 123 Å². The second-order valence-corrected chi connectivity index (χ2v) is 12.8. The molecule has 0 saturated heterocycles. The average Bonchev–Trinajstić information content (AvgIpc) is 2.95. The monoisotopic (exact) mass is 600 g/mol. The summed E-state index contributed by atoms with van der Waals surface area (Å²) in [7, 11) is 0. The summed E-state index contributed by atoms with van der Waals surface area (Å²) in [6.45, 7) is 5.13. The SMILES string of the molecule is CCCCCCCCCCCCCC(=O)SC(=O)CCCCCCCCCCCCC.NCCCCC(N)C(=O)O. The standard InChI is InChI=1S/C28H54O2S.C6H14N2O2/c1-3-5-7-9-11-13-15-17-19-21-23-25-27(29)31-28(30)26-24-22-20-18-16-14-12-10-8-6-4-2;7-4-2-1-3-5(8)6(9)10/h3-26H2,1-2H3;5H,1-4,7-8H2,(H,9,10). The highest BCUT2D eigenvalue weighted by Gasteiger charge is 2.10. The fourth-order valence-corrected chi connectivity index (χ4v) is 5.47. The number of aliphatic carboxylic acids is 1. The van der Waals surface area contributed by atoms with Crippen LogP contribution in [0.4, 0.5) is 0 Å². The van der Waals surface area contributed by atoms with Crippen LogP contribution in [0.25, 0.3) is 0 Å². The molecule has 0 aliphatic heterocycles. The zero-order valence-corrected chi connectivity index (χ0v) is 27.9. The first-order valence-electron chi connectivity index (χ1n) is 17.3. The van der Waals surface area contributed by atoms with Crippen LogP contribution in [-0.4, -0.2) is 33.9 Å². The molecule has 1 atom stereocenters. The van der Waals surface area contributed by atoms with Crippen molar-refractivity contribution in [2.45, 2.75) is 193 Å². The number of thioether (sulfide) groups is 1. The van der Waals surface area contributed by atoms with Gasteiger partial charge in [-0.15, -0.1) is 0 Å². The summed E-state index contributed by atoms with van der Waals surface area (Å²) in [4.78, 5) is 34.1. The molecule has 7 heteroatoms. The lowest BCUT2D eigenvalue weighted by molar-refractivity contribution is -0.138. The molecule has 0 aromatic heterocycles. The van der Waals surface area contributed by atoms with Crippen LogP contribution in [0.2, 0.25) is 0 Å². The Kier molecular flexibility index (Phi) is 36.3. The third-order valence-corrected chi connectivity index (χ3v) is 8.35. The highest BCUT2D eigenvalue weighted by atomic mass is 32.2. The molecular weight excluding hydrogens is 532 g/mol. The quantitative estimate of drug-likeness (QED) is 0.0730. The Morgan fingerprint density at radius 2 is 0.854 bits per heavy atom. The van der Waals surface area contributed by atoms with Crippen molar-refractivity contribution < 1.29 is 19.5 Å². The van der Waals surface area contributed by atoms with E-state index in [1.807, 2.05) is 0 Å². The zero-order valence-electron chi connectivity index (χ0n) is 27.1. The molecule has 6 nitrogen and oxygen atoms in total. The van der Waals surface area contributed by atoms with E-state index in [4.69, 9.17) is 16.6 Å². The summed E-state index contributed by atoms with van der Waals surface area (Å²) >= 11 is 0.984. The molecule has 0 aliphatic rings. The Balaban J connectivity index is 0. The lowest BCUT2D eigenvalue weighted by atomic mass is 10.1. The maximum atomic E-state index is 12.0. The van der Waals surface area contributed by atoms with Crippen LogP contribution >= 0.6 is 11.8 Å². The van der Waals surface area contributed by atoms with E-state index in [0.717, 1.165) is 50.3 Å². The molecule has 0 aliphatic carbocycles. The third kappa shape index (κ3) is 37.1. The molecule has 0 aromatic carbocycles. The van der Waals surface area contributed by atoms with Gasteiger partial charge in [0.05, 0.1) is 0 Å². The van der Waals surface area contributed by atoms with Crippen LogP contribution in [0, 0.1) is 0 Å². The lowest BCUT2D eigenvalue weighted by Crippen LogP contribution is -2.29. The van der Waals surface area contributed by atoms with Crippen molar-refractivity contribution in [2.75, 3.05) is 6.54 Å². The van der Waals surface area contributed by atoms with Gasteiger partial charge in [0.25, 0.3) is 0 Å². The summed E-state index contributed by atoms with van der Waals surface area (Å²) < 4.78 is 0. The van der Waals surface area contributed by atoms with Gasteiger partial charge in [0, 0.05) is 12.8 Å². The molecule has 244 valence electrons. The van der Waals surface area contributed by atoms with E-state index < -0.39 is 12.0 Å². The highest BCUT2D eigenvalue weighted by molar-refractivity contribution is 8.26. The molecule has 1 unspecified atom stereocenters. The zero-order chi connectivity index (χ0) is 30.8. The molecular formula is C34H68N2O4S. The number of rotatable bonds is 29. The Hall–Kier alpha value is -0.920. The highest BCUT2D eigenvalue weighted by Crippen LogP contribution is 2.18. The molecule has 0 aromatic rings. The molecule has 0 spiro atoms. The Bertz CT molecular complexity index is 553. The van der Waals surface area contributed by atoms with Gasteiger partial charge in [0.2, 0.25) is 0 Å². The van der Waals surface area contributed by atoms with Crippen LogP contribution in [0.15, 0.2) is 0 Å². The molecule has 0 radical (unpaired) electrons. The van der Waals surface area contributed by atoms with Gasteiger partial charge in [0.1, 0.15) is 6.04 Å². The van der Waals surface area contributed by atoms with Gasteiger partial charge in [-0.25, -0.2) is 0 Å². The summed E-state index contributed by atoms with van der Waals surface area (Å²) in [6.07, 6.45) is 31.7. The molecule has 5 N–H and O–H groups in total. The van der Waals surface area contributed by atoms with Crippen molar-refractivity contribution in [3.63, 3.8) is 0 Å². The smallest absolute Gasteiger partial charge is 0.320 e. The summed E-state index contributed by atoms with van der Waals surface area (Å²) in [5.74, 6) is -0.933. The average molecular weight is 601 g/mol. The maximum absolute atomic E-state index is 12.0. The number of hydrogen-bond donors (Lipinski definition) is 3. The van der Waals surface area contributed by atoms with E-state index >= 15 is 0 Å². The van der Waals surface area contributed by atoms with Crippen molar-refractivity contribution in [1.29, 1.82) is 0 Å². The first kappa shape index (κ1) is 42.2. The fraction of sp³-hybridized carbons (Fsp3) is 0.912. The summed E-state index contributed by atoms with van der Waals surface area (Å²) in [6, 6.07) is -0.716. The number of carboxylic acids is 1. The van der Waals surface area contributed by atoms with Gasteiger partial charge >= 0.3 is 5.97 Å². The van der Waals surface area contributed by atoms with Crippen molar-refractivity contribution in [3.8, 4) is 0 Å².